The topological polar surface area (TPSA) is 79.0 Å². The second kappa shape index (κ2) is 8.00. The van der Waals surface area contributed by atoms with Crippen molar-refractivity contribution in [1.29, 1.82) is 0 Å². The van der Waals surface area contributed by atoms with Crippen LogP contribution in [-0.2, 0) is 16.1 Å². The number of hydrogen-bond acceptors (Lipinski definition) is 5. The number of carboxylic acids is 1. The summed E-state index contributed by atoms with van der Waals surface area (Å²) in [6.45, 7) is 4.79. The normalized spacial score (nSPS) is 15.3. The minimum atomic E-state index is -0.744. The number of morpholine rings is 1. The van der Waals surface area contributed by atoms with Crippen molar-refractivity contribution in [2.45, 2.75) is 19.4 Å². The van der Waals surface area contributed by atoms with E-state index in [0.717, 1.165) is 45.1 Å². The van der Waals surface area contributed by atoms with Crippen molar-refractivity contribution in [3.63, 3.8) is 0 Å². The number of anilines is 2. The van der Waals surface area contributed by atoms with Gasteiger partial charge in [-0.2, -0.15) is 0 Å². The Bertz CT molecular complexity index is 501. The third-order valence-corrected chi connectivity index (χ3v) is 3.83. The van der Waals surface area contributed by atoms with Gasteiger partial charge in [0.25, 0.3) is 0 Å². The lowest BCUT2D eigenvalue weighted by Crippen LogP contribution is -2.37. The molecular weight excluding hydrogens is 282 g/mol. The third-order valence-electron chi connectivity index (χ3n) is 3.83. The molecule has 3 N–H and O–H groups in total. The number of nitrogens with zero attached hydrogens (tertiary/aromatic N) is 2. The Morgan fingerprint density at radius 1 is 1.41 bits per heavy atom. The molecule has 1 aliphatic heterocycles. The molecular formula is C16H25N3O3. The van der Waals surface area contributed by atoms with Crippen LogP contribution in [0.2, 0.25) is 0 Å². The average Bonchev–Trinajstić information content (AvgIpc) is 2.48. The van der Waals surface area contributed by atoms with E-state index < -0.39 is 5.97 Å². The molecule has 1 aromatic rings. The highest BCUT2D eigenvalue weighted by atomic mass is 16.5. The summed E-state index contributed by atoms with van der Waals surface area (Å²) in [5, 5.41) is 8.71. The highest BCUT2D eigenvalue weighted by Crippen LogP contribution is 2.25. The quantitative estimate of drug-likeness (QED) is 0.741. The Kier molecular flexibility index (Phi) is 6.03. The predicted molar refractivity (Wildman–Crippen MR) is 87.1 cm³/mol. The number of hydrogen-bond donors (Lipinski definition) is 2. The number of nitrogens with two attached hydrogens (primary N) is 1. The minimum absolute atomic E-state index is 0.206. The fraction of sp³-hybridized carbons (Fsp3) is 0.562. The molecule has 0 spiro atoms. The Labute approximate surface area is 131 Å². The third kappa shape index (κ3) is 4.89. The fourth-order valence-corrected chi connectivity index (χ4v) is 2.71. The number of ether oxygens (including phenoxy) is 1. The summed E-state index contributed by atoms with van der Waals surface area (Å²) in [4.78, 5) is 15.1. The lowest BCUT2D eigenvalue weighted by atomic mass is 10.1. The molecule has 0 bridgehead atoms. The monoisotopic (exact) mass is 307 g/mol. The SMILES string of the molecule is CN(CCCC(=O)O)Cc1cc(N)ccc1N1CCOCC1. The van der Waals surface area contributed by atoms with Gasteiger partial charge in [0, 0.05) is 37.4 Å². The molecule has 6 nitrogen and oxygen atoms in total. The Morgan fingerprint density at radius 3 is 2.82 bits per heavy atom. The maximum atomic E-state index is 10.6. The molecule has 1 fully saturated rings. The number of carboxylic acid groups (broad SMARTS) is 1. The molecule has 0 atom stereocenters. The molecule has 1 aromatic carbocycles. The molecule has 1 aliphatic rings. The van der Waals surface area contributed by atoms with Crippen molar-refractivity contribution < 1.29 is 14.6 Å². The fourth-order valence-electron chi connectivity index (χ4n) is 2.71. The number of rotatable bonds is 7. The van der Waals surface area contributed by atoms with Crippen LogP contribution in [0.1, 0.15) is 18.4 Å². The molecule has 0 aliphatic carbocycles. The molecule has 1 saturated heterocycles. The molecule has 6 heteroatoms. The number of carbonyl (C=O) groups is 1. The summed E-state index contributed by atoms with van der Waals surface area (Å²) in [7, 11) is 2.01. The van der Waals surface area contributed by atoms with Crippen LogP contribution in [0.25, 0.3) is 0 Å². The molecule has 0 aromatic heterocycles. The smallest absolute Gasteiger partial charge is 0.303 e. The molecule has 122 valence electrons. The summed E-state index contributed by atoms with van der Waals surface area (Å²) < 4.78 is 5.41. The Hall–Kier alpha value is -1.79. The predicted octanol–water partition coefficient (Wildman–Crippen LogP) is 1.40. The van der Waals surface area contributed by atoms with Crippen molar-refractivity contribution in [3.8, 4) is 0 Å². The van der Waals surface area contributed by atoms with E-state index in [1.165, 1.54) is 11.3 Å². The van der Waals surface area contributed by atoms with E-state index in [2.05, 4.69) is 15.9 Å². The van der Waals surface area contributed by atoms with E-state index in [0.29, 0.717) is 6.42 Å². The van der Waals surface area contributed by atoms with E-state index in [1.54, 1.807) is 0 Å². The highest BCUT2D eigenvalue weighted by molar-refractivity contribution is 5.66. The van der Waals surface area contributed by atoms with Crippen LogP contribution in [0, 0.1) is 0 Å². The van der Waals surface area contributed by atoms with Crippen LogP contribution < -0.4 is 10.6 Å². The molecule has 1 heterocycles. The Morgan fingerprint density at radius 2 is 2.14 bits per heavy atom. The maximum absolute atomic E-state index is 10.6. The Balaban J connectivity index is 2.01. The molecule has 0 unspecified atom stereocenters. The van der Waals surface area contributed by atoms with Crippen LogP contribution in [0.4, 0.5) is 11.4 Å². The van der Waals surface area contributed by atoms with Gasteiger partial charge in [-0.05, 0) is 43.8 Å². The lowest BCUT2D eigenvalue weighted by Gasteiger charge is -2.31. The van der Waals surface area contributed by atoms with Gasteiger partial charge in [0.15, 0.2) is 0 Å². The van der Waals surface area contributed by atoms with Crippen molar-refractivity contribution >= 4 is 17.3 Å². The van der Waals surface area contributed by atoms with Crippen LogP contribution in [0.15, 0.2) is 18.2 Å². The van der Waals surface area contributed by atoms with Gasteiger partial charge in [-0.1, -0.05) is 0 Å². The first-order chi connectivity index (χ1) is 10.6. The van der Waals surface area contributed by atoms with Gasteiger partial charge in [0.05, 0.1) is 13.2 Å². The summed E-state index contributed by atoms with van der Waals surface area (Å²) in [5.74, 6) is -0.744. The lowest BCUT2D eigenvalue weighted by molar-refractivity contribution is -0.137. The molecule has 22 heavy (non-hydrogen) atoms. The van der Waals surface area contributed by atoms with E-state index >= 15 is 0 Å². The average molecular weight is 307 g/mol. The van der Waals surface area contributed by atoms with E-state index in [9.17, 15) is 4.79 Å². The van der Waals surface area contributed by atoms with Crippen LogP contribution in [-0.4, -0.2) is 55.9 Å². The van der Waals surface area contributed by atoms with E-state index in [1.807, 2.05) is 19.2 Å². The highest BCUT2D eigenvalue weighted by Gasteiger charge is 2.16. The van der Waals surface area contributed by atoms with Gasteiger partial charge >= 0.3 is 5.97 Å². The van der Waals surface area contributed by atoms with Crippen molar-refractivity contribution in [2.24, 2.45) is 0 Å². The summed E-state index contributed by atoms with van der Waals surface area (Å²) in [5.41, 5.74) is 9.07. The van der Waals surface area contributed by atoms with Crippen molar-refractivity contribution in [2.75, 3.05) is 50.5 Å². The van der Waals surface area contributed by atoms with Gasteiger partial charge in [-0.25, -0.2) is 0 Å². The maximum Gasteiger partial charge on any atom is 0.303 e. The van der Waals surface area contributed by atoms with Crippen LogP contribution in [0.5, 0.6) is 0 Å². The van der Waals surface area contributed by atoms with Gasteiger partial charge in [0.1, 0.15) is 0 Å². The summed E-state index contributed by atoms with van der Waals surface area (Å²) >= 11 is 0. The molecule has 2 rings (SSSR count). The standard InChI is InChI=1S/C16H25N3O3/c1-18(6-2-3-16(20)21)12-13-11-14(17)4-5-15(13)19-7-9-22-10-8-19/h4-5,11H,2-3,6-10,12,17H2,1H3,(H,20,21). The molecule has 0 saturated carbocycles. The van der Waals surface area contributed by atoms with Crippen LogP contribution in [0.3, 0.4) is 0 Å². The van der Waals surface area contributed by atoms with E-state index in [4.69, 9.17) is 15.6 Å². The number of benzene rings is 1. The van der Waals surface area contributed by atoms with Crippen molar-refractivity contribution in [3.05, 3.63) is 23.8 Å². The van der Waals surface area contributed by atoms with Crippen LogP contribution >= 0.6 is 0 Å². The van der Waals surface area contributed by atoms with Gasteiger partial charge in [-0.15, -0.1) is 0 Å². The second-order valence-electron chi connectivity index (χ2n) is 5.72. The zero-order chi connectivity index (χ0) is 15.9. The van der Waals surface area contributed by atoms with Gasteiger partial charge in [-0.3, -0.25) is 4.79 Å². The first-order valence-electron chi connectivity index (χ1n) is 7.67. The second-order valence-corrected chi connectivity index (χ2v) is 5.72. The first-order valence-corrected chi connectivity index (χ1v) is 7.67. The number of aliphatic carboxylic acids is 1. The van der Waals surface area contributed by atoms with Gasteiger partial charge in [0.2, 0.25) is 0 Å². The number of nitrogen functional groups attached to an aromatic ring is 1. The summed E-state index contributed by atoms with van der Waals surface area (Å²) in [6.07, 6.45) is 0.860. The largest absolute Gasteiger partial charge is 0.481 e. The van der Waals surface area contributed by atoms with Gasteiger partial charge < -0.3 is 25.4 Å². The molecule has 0 amide bonds. The summed E-state index contributed by atoms with van der Waals surface area (Å²) in [6, 6.07) is 6.01. The first kappa shape index (κ1) is 16.6. The minimum Gasteiger partial charge on any atom is -0.481 e. The zero-order valence-electron chi connectivity index (χ0n) is 13.1. The van der Waals surface area contributed by atoms with E-state index in [-0.39, 0.29) is 6.42 Å². The molecule has 0 radical (unpaired) electrons. The zero-order valence-corrected chi connectivity index (χ0v) is 13.1. The van der Waals surface area contributed by atoms with Crippen molar-refractivity contribution in [1.82, 2.24) is 4.90 Å².